The second-order valence-corrected chi connectivity index (χ2v) is 5.68. The molecule has 2 fully saturated rings. The Morgan fingerprint density at radius 3 is 2.80 bits per heavy atom. The van der Waals surface area contributed by atoms with E-state index in [0.29, 0.717) is 13.2 Å². The van der Waals surface area contributed by atoms with Crippen LogP contribution in [0.2, 0.25) is 0 Å². The van der Waals surface area contributed by atoms with Crippen molar-refractivity contribution in [3.05, 3.63) is 5.69 Å². The number of aryl methyl sites for hydroxylation is 2. The predicted octanol–water partition coefficient (Wildman–Crippen LogP) is 1.53. The Morgan fingerprint density at radius 1 is 1.35 bits per heavy atom. The van der Waals surface area contributed by atoms with Crippen molar-refractivity contribution in [3.63, 3.8) is 0 Å². The minimum atomic E-state index is -0.431. The van der Waals surface area contributed by atoms with Crippen LogP contribution in [-0.4, -0.2) is 41.9 Å². The molecule has 0 atom stereocenters. The maximum atomic E-state index is 6.24. The van der Waals surface area contributed by atoms with Gasteiger partial charge in [0.25, 0.3) is 0 Å². The van der Waals surface area contributed by atoms with Crippen LogP contribution in [0.1, 0.15) is 31.9 Å². The van der Waals surface area contributed by atoms with E-state index in [4.69, 9.17) is 15.2 Å². The lowest BCUT2D eigenvalue weighted by molar-refractivity contribution is -0.161. The Hall–Kier alpha value is -1.27. The Kier molecular flexibility index (Phi) is 3.60. The molecule has 0 unspecified atom stereocenters. The molecule has 1 aromatic heterocycles. The molecular formula is C14H24N4O2. The number of nitrogens with zero attached hydrogens (tertiary/aromatic N) is 3. The molecule has 0 amide bonds. The maximum absolute atomic E-state index is 6.24. The van der Waals surface area contributed by atoms with E-state index in [-0.39, 0.29) is 0 Å². The summed E-state index contributed by atoms with van der Waals surface area (Å²) in [6, 6.07) is 0. The molecule has 6 heteroatoms. The van der Waals surface area contributed by atoms with Gasteiger partial charge in [0.15, 0.2) is 11.6 Å². The van der Waals surface area contributed by atoms with Gasteiger partial charge in [0, 0.05) is 19.5 Å². The quantitative estimate of drug-likeness (QED) is 0.909. The normalized spacial score (nSPS) is 21.8. The van der Waals surface area contributed by atoms with Crippen molar-refractivity contribution in [2.75, 3.05) is 36.9 Å². The summed E-state index contributed by atoms with van der Waals surface area (Å²) in [6.45, 7) is 8.11. The van der Waals surface area contributed by atoms with E-state index in [1.165, 1.54) is 0 Å². The van der Waals surface area contributed by atoms with Gasteiger partial charge in [0.1, 0.15) is 0 Å². The monoisotopic (exact) mass is 280 g/mol. The highest BCUT2D eigenvalue weighted by Gasteiger charge is 2.42. The molecule has 20 heavy (non-hydrogen) atoms. The number of hydrogen-bond acceptors (Lipinski definition) is 5. The van der Waals surface area contributed by atoms with E-state index in [1.807, 2.05) is 11.6 Å². The fourth-order valence-corrected chi connectivity index (χ4v) is 3.19. The molecule has 6 nitrogen and oxygen atoms in total. The third kappa shape index (κ3) is 2.27. The molecular weight excluding hydrogens is 256 g/mol. The zero-order chi connectivity index (χ0) is 14.2. The van der Waals surface area contributed by atoms with Crippen LogP contribution in [0.4, 0.5) is 11.5 Å². The molecule has 2 aliphatic rings. The molecule has 3 rings (SSSR count). The second-order valence-electron chi connectivity index (χ2n) is 5.68. The average molecular weight is 280 g/mol. The number of anilines is 2. The van der Waals surface area contributed by atoms with Crippen molar-refractivity contribution >= 4 is 11.5 Å². The third-order valence-electron chi connectivity index (χ3n) is 4.11. The topological polar surface area (TPSA) is 65.5 Å². The maximum Gasteiger partial charge on any atom is 0.186 e. The van der Waals surface area contributed by atoms with Crippen LogP contribution >= 0.6 is 0 Å². The van der Waals surface area contributed by atoms with Gasteiger partial charge < -0.3 is 20.1 Å². The summed E-state index contributed by atoms with van der Waals surface area (Å²) in [5.74, 6) is 0.599. The molecule has 0 radical (unpaired) electrons. The van der Waals surface area contributed by atoms with Crippen molar-refractivity contribution in [1.82, 2.24) is 9.78 Å². The van der Waals surface area contributed by atoms with E-state index >= 15 is 0 Å². The van der Waals surface area contributed by atoms with E-state index in [2.05, 4.69) is 16.9 Å². The SMILES string of the molecule is CCCn1nc(C)c(N)c1N1CCCC2(C1)OCCO2. The van der Waals surface area contributed by atoms with Crippen molar-refractivity contribution in [2.45, 2.75) is 45.4 Å². The van der Waals surface area contributed by atoms with E-state index in [9.17, 15) is 0 Å². The number of nitrogens with two attached hydrogens (primary N) is 1. The number of hydrogen-bond donors (Lipinski definition) is 1. The van der Waals surface area contributed by atoms with Gasteiger partial charge in [0.2, 0.25) is 0 Å². The van der Waals surface area contributed by atoms with Gasteiger partial charge in [-0.05, 0) is 19.8 Å². The van der Waals surface area contributed by atoms with Crippen LogP contribution in [0.15, 0.2) is 0 Å². The van der Waals surface area contributed by atoms with Crippen molar-refractivity contribution in [3.8, 4) is 0 Å². The first-order valence-corrected chi connectivity index (χ1v) is 7.51. The van der Waals surface area contributed by atoms with Gasteiger partial charge in [-0.15, -0.1) is 0 Å². The van der Waals surface area contributed by atoms with Gasteiger partial charge in [-0.2, -0.15) is 5.10 Å². The first kappa shape index (κ1) is 13.7. The Morgan fingerprint density at radius 2 is 2.10 bits per heavy atom. The molecule has 0 saturated carbocycles. The van der Waals surface area contributed by atoms with E-state index in [0.717, 1.165) is 56.1 Å². The van der Waals surface area contributed by atoms with Crippen LogP contribution < -0.4 is 10.6 Å². The number of ether oxygens (including phenoxy) is 2. The number of aromatic nitrogens is 2. The molecule has 0 aromatic carbocycles. The van der Waals surface area contributed by atoms with Crippen LogP contribution in [0.25, 0.3) is 0 Å². The van der Waals surface area contributed by atoms with Crippen LogP contribution in [0.3, 0.4) is 0 Å². The summed E-state index contributed by atoms with van der Waals surface area (Å²) in [7, 11) is 0. The van der Waals surface area contributed by atoms with Crippen molar-refractivity contribution in [2.24, 2.45) is 0 Å². The highest BCUT2D eigenvalue weighted by atomic mass is 16.7. The van der Waals surface area contributed by atoms with Gasteiger partial charge in [-0.1, -0.05) is 6.92 Å². The smallest absolute Gasteiger partial charge is 0.186 e. The van der Waals surface area contributed by atoms with Gasteiger partial charge >= 0.3 is 0 Å². The lowest BCUT2D eigenvalue weighted by Crippen LogP contribution is -2.49. The predicted molar refractivity (Wildman–Crippen MR) is 77.7 cm³/mol. The van der Waals surface area contributed by atoms with Gasteiger partial charge in [-0.3, -0.25) is 0 Å². The zero-order valence-corrected chi connectivity index (χ0v) is 12.4. The molecule has 1 aromatic rings. The summed E-state index contributed by atoms with van der Waals surface area (Å²) < 4.78 is 13.7. The van der Waals surface area contributed by atoms with Gasteiger partial charge in [-0.25, -0.2) is 4.68 Å². The number of rotatable bonds is 3. The lowest BCUT2D eigenvalue weighted by atomic mass is 10.0. The number of piperidine rings is 1. The molecule has 3 heterocycles. The molecule has 2 N–H and O–H groups in total. The summed E-state index contributed by atoms with van der Waals surface area (Å²) in [5.41, 5.74) is 7.93. The van der Waals surface area contributed by atoms with Gasteiger partial charge in [0.05, 0.1) is 31.1 Å². The summed E-state index contributed by atoms with van der Waals surface area (Å²) in [5, 5.41) is 4.56. The average Bonchev–Trinajstić information content (AvgIpc) is 2.97. The fraction of sp³-hybridized carbons (Fsp3) is 0.786. The van der Waals surface area contributed by atoms with E-state index in [1.54, 1.807) is 0 Å². The molecule has 112 valence electrons. The second kappa shape index (κ2) is 5.26. The van der Waals surface area contributed by atoms with Crippen molar-refractivity contribution < 1.29 is 9.47 Å². The first-order chi connectivity index (χ1) is 9.65. The fourth-order valence-electron chi connectivity index (χ4n) is 3.19. The Balaban J connectivity index is 1.88. The minimum Gasteiger partial charge on any atom is -0.394 e. The summed E-state index contributed by atoms with van der Waals surface area (Å²) in [6.07, 6.45) is 3.06. The number of nitrogen functional groups attached to an aromatic ring is 1. The third-order valence-corrected chi connectivity index (χ3v) is 4.11. The molecule has 0 bridgehead atoms. The summed E-state index contributed by atoms with van der Waals surface area (Å²) >= 11 is 0. The Labute approximate surface area is 119 Å². The first-order valence-electron chi connectivity index (χ1n) is 7.51. The highest BCUT2D eigenvalue weighted by Crippen LogP contribution is 2.35. The lowest BCUT2D eigenvalue weighted by Gasteiger charge is -2.39. The van der Waals surface area contributed by atoms with Crippen LogP contribution in [-0.2, 0) is 16.0 Å². The zero-order valence-electron chi connectivity index (χ0n) is 12.4. The van der Waals surface area contributed by atoms with Crippen molar-refractivity contribution in [1.29, 1.82) is 0 Å². The molecule has 2 saturated heterocycles. The molecule has 1 spiro atoms. The molecule has 0 aliphatic carbocycles. The largest absolute Gasteiger partial charge is 0.394 e. The minimum absolute atomic E-state index is 0.431. The summed E-state index contributed by atoms with van der Waals surface area (Å²) in [4.78, 5) is 2.28. The van der Waals surface area contributed by atoms with E-state index < -0.39 is 5.79 Å². The highest BCUT2D eigenvalue weighted by molar-refractivity contribution is 5.66. The van der Waals surface area contributed by atoms with Crippen LogP contribution in [0.5, 0.6) is 0 Å². The Bertz CT molecular complexity index is 480. The standard InChI is InChI=1S/C14H24N4O2/c1-3-6-18-13(12(15)11(2)16-18)17-7-4-5-14(10-17)19-8-9-20-14/h3-10,15H2,1-2H3. The van der Waals surface area contributed by atoms with Crippen LogP contribution in [0, 0.1) is 6.92 Å². The molecule has 2 aliphatic heterocycles.